The van der Waals surface area contributed by atoms with Gasteiger partial charge in [0.1, 0.15) is 6.10 Å². The third kappa shape index (κ3) is 2.18. The van der Waals surface area contributed by atoms with Crippen LogP contribution >= 0.6 is 0 Å². The number of likely N-dealkylation sites (tertiary alicyclic amines) is 1. The van der Waals surface area contributed by atoms with Crippen molar-refractivity contribution in [2.24, 2.45) is 7.05 Å². The fraction of sp³-hybridized carbons (Fsp3) is 0.769. The Morgan fingerprint density at radius 3 is 3.17 bits per heavy atom. The molecule has 0 radical (unpaired) electrons. The summed E-state index contributed by atoms with van der Waals surface area (Å²) < 4.78 is 13.3. The van der Waals surface area contributed by atoms with Crippen LogP contribution in [0.25, 0.3) is 0 Å². The van der Waals surface area contributed by atoms with Gasteiger partial charge in [-0.2, -0.15) is 5.10 Å². The van der Waals surface area contributed by atoms with E-state index in [1.165, 1.54) is 12.0 Å². The molecule has 3 atom stereocenters. The maximum absolute atomic E-state index is 5.89. The molecule has 0 unspecified atom stereocenters. The van der Waals surface area contributed by atoms with Crippen LogP contribution in [0.5, 0.6) is 0 Å². The number of ether oxygens (including phenoxy) is 2. The van der Waals surface area contributed by atoms with Crippen molar-refractivity contribution < 1.29 is 9.47 Å². The molecular weight excluding hydrogens is 230 g/mol. The van der Waals surface area contributed by atoms with Crippen molar-refractivity contribution >= 4 is 0 Å². The molecule has 1 aromatic heterocycles. The van der Waals surface area contributed by atoms with Crippen LogP contribution in [0.3, 0.4) is 0 Å². The molecule has 5 nitrogen and oxygen atoms in total. The molecule has 0 N–H and O–H groups in total. The van der Waals surface area contributed by atoms with Crippen LogP contribution in [-0.4, -0.2) is 53.2 Å². The molecule has 2 aliphatic rings. The Morgan fingerprint density at radius 1 is 1.56 bits per heavy atom. The van der Waals surface area contributed by atoms with Crippen LogP contribution in [0.4, 0.5) is 0 Å². The maximum atomic E-state index is 5.89. The summed E-state index contributed by atoms with van der Waals surface area (Å²) in [5, 5.41) is 4.23. The van der Waals surface area contributed by atoms with E-state index >= 15 is 0 Å². The van der Waals surface area contributed by atoms with Gasteiger partial charge >= 0.3 is 0 Å². The minimum absolute atomic E-state index is 0.215. The van der Waals surface area contributed by atoms with Crippen molar-refractivity contribution in [3.63, 3.8) is 0 Å². The SMILES string of the molecule is CO[C@H]1CN(Cc2cnn(C)c2)[C@@H]2CCCO[C@H]12. The van der Waals surface area contributed by atoms with Gasteiger partial charge in [-0.05, 0) is 12.8 Å². The minimum Gasteiger partial charge on any atom is -0.377 e. The van der Waals surface area contributed by atoms with Gasteiger partial charge in [-0.3, -0.25) is 9.58 Å². The number of nitrogens with zero attached hydrogens (tertiary/aromatic N) is 3. The van der Waals surface area contributed by atoms with Gasteiger partial charge in [0.05, 0.1) is 12.3 Å². The van der Waals surface area contributed by atoms with Gasteiger partial charge in [-0.1, -0.05) is 0 Å². The third-order valence-corrected chi connectivity index (χ3v) is 4.03. The number of hydrogen-bond donors (Lipinski definition) is 0. The lowest BCUT2D eigenvalue weighted by Gasteiger charge is -2.31. The second-order valence-corrected chi connectivity index (χ2v) is 5.27. The first-order chi connectivity index (χ1) is 8.78. The lowest BCUT2D eigenvalue weighted by Crippen LogP contribution is -2.41. The molecular formula is C13H21N3O2. The summed E-state index contributed by atoms with van der Waals surface area (Å²) in [4.78, 5) is 2.48. The Morgan fingerprint density at radius 2 is 2.44 bits per heavy atom. The highest BCUT2D eigenvalue weighted by molar-refractivity contribution is 5.07. The van der Waals surface area contributed by atoms with E-state index in [-0.39, 0.29) is 12.2 Å². The van der Waals surface area contributed by atoms with Crippen molar-refractivity contribution in [1.29, 1.82) is 0 Å². The van der Waals surface area contributed by atoms with Crippen molar-refractivity contribution in [3.8, 4) is 0 Å². The van der Waals surface area contributed by atoms with E-state index in [9.17, 15) is 0 Å². The largest absolute Gasteiger partial charge is 0.377 e. The predicted octanol–water partition coefficient (Wildman–Crippen LogP) is 0.798. The van der Waals surface area contributed by atoms with E-state index in [4.69, 9.17) is 9.47 Å². The van der Waals surface area contributed by atoms with E-state index in [0.717, 1.165) is 26.1 Å². The highest BCUT2D eigenvalue weighted by Gasteiger charge is 2.44. The molecule has 100 valence electrons. The molecule has 0 aromatic carbocycles. The number of aryl methyl sites for hydroxylation is 1. The zero-order valence-electron chi connectivity index (χ0n) is 11.1. The number of fused-ring (bicyclic) bond motifs is 1. The molecule has 3 heterocycles. The molecule has 0 aliphatic carbocycles. The average molecular weight is 251 g/mol. The molecule has 2 saturated heterocycles. The molecule has 0 spiro atoms. The van der Waals surface area contributed by atoms with Gasteiger partial charge in [0.25, 0.3) is 0 Å². The molecule has 0 amide bonds. The summed E-state index contributed by atoms with van der Waals surface area (Å²) in [6, 6.07) is 0.504. The van der Waals surface area contributed by atoms with Crippen LogP contribution in [0.1, 0.15) is 18.4 Å². The van der Waals surface area contributed by atoms with Crippen LogP contribution in [0, 0.1) is 0 Å². The zero-order valence-corrected chi connectivity index (χ0v) is 11.1. The van der Waals surface area contributed by atoms with E-state index in [1.54, 1.807) is 7.11 Å². The van der Waals surface area contributed by atoms with E-state index in [0.29, 0.717) is 6.04 Å². The van der Waals surface area contributed by atoms with Gasteiger partial charge < -0.3 is 9.47 Å². The quantitative estimate of drug-likeness (QED) is 0.796. The van der Waals surface area contributed by atoms with Gasteiger partial charge in [-0.25, -0.2) is 0 Å². The van der Waals surface area contributed by atoms with Crippen molar-refractivity contribution in [2.45, 2.75) is 37.6 Å². The zero-order chi connectivity index (χ0) is 12.5. The number of aromatic nitrogens is 2. The second-order valence-electron chi connectivity index (χ2n) is 5.27. The molecule has 18 heavy (non-hydrogen) atoms. The summed E-state index contributed by atoms with van der Waals surface area (Å²) >= 11 is 0. The normalized spacial score (nSPS) is 32.7. The van der Waals surface area contributed by atoms with Crippen LogP contribution in [-0.2, 0) is 23.1 Å². The Kier molecular flexibility index (Phi) is 3.37. The van der Waals surface area contributed by atoms with Crippen molar-refractivity contribution in [1.82, 2.24) is 14.7 Å². The number of rotatable bonds is 3. The summed E-state index contributed by atoms with van der Waals surface area (Å²) in [5.41, 5.74) is 1.26. The maximum Gasteiger partial charge on any atom is 0.100 e. The summed E-state index contributed by atoms with van der Waals surface area (Å²) in [6.45, 7) is 2.78. The summed E-state index contributed by atoms with van der Waals surface area (Å²) in [6.07, 6.45) is 6.86. The Labute approximate surface area is 108 Å². The molecule has 0 saturated carbocycles. The highest BCUT2D eigenvalue weighted by atomic mass is 16.5. The molecule has 5 heteroatoms. The van der Waals surface area contributed by atoms with Gasteiger partial charge in [0, 0.05) is 51.7 Å². The summed E-state index contributed by atoms with van der Waals surface area (Å²) in [7, 11) is 3.74. The van der Waals surface area contributed by atoms with E-state index < -0.39 is 0 Å². The van der Waals surface area contributed by atoms with Crippen molar-refractivity contribution in [2.75, 3.05) is 20.3 Å². The highest BCUT2D eigenvalue weighted by Crippen LogP contribution is 2.31. The van der Waals surface area contributed by atoms with Crippen LogP contribution in [0.15, 0.2) is 12.4 Å². The minimum atomic E-state index is 0.215. The first-order valence-corrected chi connectivity index (χ1v) is 6.64. The average Bonchev–Trinajstić information content (AvgIpc) is 2.95. The van der Waals surface area contributed by atoms with Gasteiger partial charge in [0.2, 0.25) is 0 Å². The Hall–Kier alpha value is -0.910. The van der Waals surface area contributed by atoms with E-state index in [2.05, 4.69) is 16.2 Å². The fourth-order valence-electron chi connectivity index (χ4n) is 3.18. The predicted molar refractivity (Wildman–Crippen MR) is 67.2 cm³/mol. The van der Waals surface area contributed by atoms with Crippen molar-refractivity contribution in [3.05, 3.63) is 18.0 Å². The molecule has 3 rings (SSSR count). The third-order valence-electron chi connectivity index (χ3n) is 4.03. The van der Waals surface area contributed by atoms with Crippen LogP contribution in [0.2, 0.25) is 0 Å². The topological polar surface area (TPSA) is 39.5 Å². The first kappa shape index (κ1) is 12.1. The monoisotopic (exact) mass is 251 g/mol. The van der Waals surface area contributed by atoms with E-state index in [1.807, 2.05) is 17.9 Å². The summed E-state index contributed by atoms with van der Waals surface area (Å²) in [5.74, 6) is 0. The fourth-order valence-corrected chi connectivity index (χ4v) is 3.18. The molecule has 1 aromatic rings. The molecule has 2 aliphatic heterocycles. The standard InChI is InChI=1S/C13H21N3O2/c1-15-7-10(6-14-15)8-16-9-12(17-2)13-11(16)4-3-5-18-13/h6-7,11-13H,3-5,8-9H2,1-2H3/t11-,12+,13+/m1/s1. The molecule has 0 bridgehead atoms. The van der Waals surface area contributed by atoms with Gasteiger partial charge in [-0.15, -0.1) is 0 Å². The van der Waals surface area contributed by atoms with Gasteiger partial charge in [0.15, 0.2) is 0 Å². The van der Waals surface area contributed by atoms with Crippen LogP contribution < -0.4 is 0 Å². The second kappa shape index (κ2) is 4.99. The first-order valence-electron chi connectivity index (χ1n) is 6.64. The smallest absolute Gasteiger partial charge is 0.100 e. The Balaban J connectivity index is 1.72. The number of methoxy groups -OCH3 is 1. The lowest BCUT2D eigenvalue weighted by molar-refractivity contribution is -0.0655. The lowest BCUT2D eigenvalue weighted by atomic mass is 10.0. The molecule has 2 fully saturated rings. The Bertz CT molecular complexity index is 407. The number of hydrogen-bond acceptors (Lipinski definition) is 4.